The SMILES string of the molecule is Cl.c1ccc2c(C3CNC3)ccnc2c1. The summed E-state index contributed by atoms with van der Waals surface area (Å²) < 4.78 is 0. The van der Waals surface area contributed by atoms with Crippen molar-refractivity contribution in [3.63, 3.8) is 0 Å². The minimum absolute atomic E-state index is 0. The highest BCUT2D eigenvalue weighted by molar-refractivity contribution is 5.85. The van der Waals surface area contributed by atoms with Crippen molar-refractivity contribution in [3.05, 3.63) is 42.1 Å². The molecule has 0 saturated carbocycles. The van der Waals surface area contributed by atoms with Crippen molar-refractivity contribution < 1.29 is 0 Å². The summed E-state index contributed by atoms with van der Waals surface area (Å²) in [5.74, 6) is 0.683. The molecule has 2 nitrogen and oxygen atoms in total. The molecule has 0 radical (unpaired) electrons. The maximum atomic E-state index is 4.36. The fourth-order valence-electron chi connectivity index (χ4n) is 1.98. The summed E-state index contributed by atoms with van der Waals surface area (Å²) in [6.45, 7) is 2.21. The van der Waals surface area contributed by atoms with E-state index >= 15 is 0 Å². The second-order valence-electron chi connectivity index (χ2n) is 3.77. The molecular formula is C12H13ClN2. The van der Waals surface area contributed by atoms with Gasteiger partial charge in [-0.1, -0.05) is 18.2 Å². The third kappa shape index (κ3) is 1.71. The fraction of sp³-hybridized carbons (Fsp3) is 0.250. The first-order valence-corrected chi connectivity index (χ1v) is 4.99. The first-order chi connectivity index (χ1) is 6.95. The maximum absolute atomic E-state index is 4.36. The average molecular weight is 221 g/mol. The van der Waals surface area contributed by atoms with E-state index in [4.69, 9.17) is 0 Å². The zero-order chi connectivity index (χ0) is 9.38. The normalized spacial score (nSPS) is 15.7. The molecule has 0 atom stereocenters. The minimum atomic E-state index is 0. The Morgan fingerprint density at radius 2 is 1.93 bits per heavy atom. The number of benzene rings is 1. The summed E-state index contributed by atoms with van der Waals surface area (Å²) in [4.78, 5) is 4.36. The number of nitrogens with one attached hydrogen (secondary N) is 1. The highest BCUT2D eigenvalue weighted by Crippen LogP contribution is 2.26. The Morgan fingerprint density at radius 3 is 2.67 bits per heavy atom. The van der Waals surface area contributed by atoms with Gasteiger partial charge in [-0.2, -0.15) is 0 Å². The lowest BCUT2D eigenvalue weighted by Gasteiger charge is -2.28. The van der Waals surface area contributed by atoms with Gasteiger partial charge in [0.1, 0.15) is 0 Å². The number of para-hydroxylation sites is 1. The quantitative estimate of drug-likeness (QED) is 0.798. The van der Waals surface area contributed by atoms with Crippen LogP contribution in [-0.2, 0) is 0 Å². The number of fused-ring (bicyclic) bond motifs is 1. The highest BCUT2D eigenvalue weighted by Gasteiger charge is 2.20. The van der Waals surface area contributed by atoms with Gasteiger partial charge in [-0.15, -0.1) is 12.4 Å². The molecule has 3 rings (SSSR count). The summed E-state index contributed by atoms with van der Waals surface area (Å²) >= 11 is 0. The standard InChI is InChI=1S/C12H12N2.ClH/c1-2-4-12-11(3-1)10(5-6-14-12)9-7-13-8-9;/h1-6,9,13H,7-8H2;1H. The predicted octanol–water partition coefficient (Wildman–Crippen LogP) is 2.34. The van der Waals surface area contributed by atoms with Gasteiger partial charge in [0.05, 0.1) is 5.52 Å². The monoisotopic (exact) mass is 220 g/mol. The van der Waals surface area contributed by atoms with E-state index in [2.05, 4.69) is 34.6 Å². The Morgan fingerprint density at radius 1 is 1.13 bits per heavy atom. The summed E-state index contributed by atoms with van der Waals surface area (Å²) in [5.41, 5.74) is 2.55. The van der Waals surface area contributed by atoms with E-state index in [0.29, 0.717) is 5.92 Å². The molecular weight excluding hydrogens is 208 g/mol. The first kappa shape index (κ1) is 10.4. The molecule has 2 heterocycles. The van der Waals surface area contributed by atoms with Crippen LogP contribution < -0.4 is 5.32 Å². The summed E-state index contributed by atoms with van der Waals surface area (Å²) in [6, 6.07) is 10.5. The van der Waals surface area contributed by atoms with Crippen LogP contribution in [-0.4, -0.2) is 18.1 Å². The lowest BCUT2D eigenvalue weighted by molar-refractivity contribution is 0.450. The van der Waals surface area contributed by atoms with Crippen molar-refractivity contribution in [1.29, 1.82) is 0 Å². The van der Waals surface area contributed by atoms with Crippen LogP contribution in [0, 0.1) is 0 Å². The van der Waals surface area contributed by atoms with Crippen LogP contribution in [0.15, 0.2) is 36.5 Å². The van der Waals surface area contributed by atoms with Gasteiger partial charge >= 0.3 is 0 Å². The molecule has 1 aliphatic rings. The molecule has 1 saturated heterocycles. The predicted molar refractivity (Wildman–Crippen MR) is 64.6 cm³/mol. The number of halogens is 1. The van der Waals surface area contributed by atoms with Crippen LogP contribution in [0.5, 0.6) is 0 Å². The molecule has 0 amide bonds. The van der Waals surface area contributed by atoms with Crippen molar-refractivity contribution in [1.82, 2.24) is 10.3 Å². The molecule has 1 N–H and O–H groups in total. The van der Waals surface area contributed by atoms with E-state index in [0.717, 1.165) is 18.6 Å². The molecule has 1 aliphatic heterocycles. The lowest BCUT2D eigenvalue weighted by Crippen LogP contribution is -2.39. The second kappa shape index (κ2) is 4.17. The van der Waals surface area contributed by atoms with Gasteiger partial charge in [-0.05, 0) is 17.7 Å². The van der Waals surface area contributed by atoms with Gasteiger partial charge in [-0.25, -0.2) is 0 Å². The Labute approximate surface area is 95.1 Å². The van der Waals surface area contributed by atoms with Crippen molar-refractivity contribution in [2.75, 3.05) is 13.1 Å². The van der Waals surface area contributed by atoms with E-state index < -0.39 is 0 Å². The molecule has 0 spiro atoms. The van der Waals surface area contributed by atoms with Crippen LogP contribution in [0.3, 0.4) is 0 Å². The molecule has 1 aromatic heterocycles. The Bertz CT molecular complexity index is 461. The first-order valence-electron chi connectivity index (χ1n) is 4.99. The number of hydrogen-bond acceptors (Lipinski definition) is 2. The number of pyridine rings is 1. The Hall–Kier alpha value is -1.12. The summed E-state index contributed by atoms with van der Waals surface area (Å²) in [7, 11) is 0. The van der Waals surface area contributed by atoms with Crippen molar-refractivity contribution in [2.24, 2.45) is 0 Å². The maximum Gasteiger partial charge on any atom is 0.0704 e. The molecule has 0 bridgehead atoms. The van der Waals surface area contributed by atoms with Crippen LogP contribution in [0.1, 0.15) is 11.5 Å². The van der Waals surface area contributed by atoms with E-state index in [1.54, 1.807) is 0 Å². The Balaban J connectivity index is 0.000000853. The molecule has 78 valence electrons. The van der Waals surface area contributed by atoms with Crippen LogP contribution in [0.25, 0.3) is 10.9 Å². The molecule has 3 heteroatoms. The molecule has 0 unspecified atom stereocenters. The zero-order valence-electron chi connectivity index (χ0n) is 8.31. The average Bonchev–Trinajstić information content (AvgIpc) is 2.16. The van der Waals surface area contributed by atoms with E-state index in [1.165, 1.54) is 10.9 Å². The van der Waals surface area contributed by atoms with E-state index in [-0.39, 0.29) is 12.4 Å². The highest BCUT2D eigenvalue weighted by atomic mass is 35.5. The van der Waals surface area contributed by atoms with Gasteiger partial charge in [0, 0.05) is 30.6 Å². The minimum Gasteiger partial charge on any atom is -0.315 e. The van der Waals surface area contributed by atoms with Gasteiger partial charge in [0.2, 0.25) is 0 Å². The van der Waals surface area contributed by atoms with Crippen molar-refractivity contribution >= 4 is 23.3 Å². The number of aromatic nitrogens is 1. The summed E-state index contributed by atoms with van der Waals surface area (Å²) in [5, 5.41) is 4.61. The number of rotatable bonds is 1. The molecule has 15 heavy (non-hydrogen) atoms. The third-order valence-corrected chi connectivity index (χ3v) is 2.90. The number of nitrogens with zero attached hydrogens (tertiary/aromatic N) is 1. The van der Waals surface area contributed by atoms with E-state index in [1.807, 2.05) is 12.3 Å². The van der Waals surface area contributed by atoms with E-state index in [9.17, 15) is 0 Å². The third-order valence-electron chi connectivity index (χ3n) is 2.90. The number of hydrogen-bond donors (Lipinski definition) is 1. The topological polar surface area (TPSA) is 24.9 Å². The molecule has 2 aromatic rings. The lowest BCUT2D eigenvalue weighted by atomic mass is 9.91. The molecule has 1 fully saturated rings. The van der Waals surface area contributed by atoms with Gasteiger partial charge in [0.15, 0.2) is 0 Å². The molecule has 0 aliphatic carbocycles. The molecule has 1 aromatic carbocycles. The van der Waals surface area contributed by atoms with Gasteiger partial charge in [0.25, 0.3) is 0 Å². The van der Waals surface area contributed by atoms with Crippen molar-refractivity contribution in [2.45, 2.75) is 5.92 Å². The van der Waals surface area contributed by atoms with Crippen molar-refractivity contribution in [3.8, 4) is 0 Å². The largest absolute Gasteiger partial charge is 0.315 e. The van der Waals surface area contributed by atoms with Crippen LogP contribution in [0.2, 0.25) is 0 Å². The fourth-order valence-corrected chi connectivity index (χ4v) is 1.98. The van der Waals surface area contributed by atoms with Crippen LogP contribution in [0.4, 0.5) is 0 Å². The Kier molecular flexibility index (Phi) is 2.89. The van der Waals surface area contributed by atoms with Gasteiger partial charge < -0.3 is 5.32 Å². The smallest absolute Gasteiger partial charge is 0.0704 e. The second-order valence-corrected chi connectivity index (χ2v) is 3.77. The van der Waals surface area contributed by atoms with Gasteiger partial charge in [-0.3, -0.25) is 4.98 Å². The summed E-state index contributed by atoms with van der Waals surface area (Å²) in [6.07, 6.45) is 1.91. The van der Waals surface area contributed by atoms with Crippen LogP contribution >= 0.6 is 12.4 Å². The zero-order valence-corrected chi connectivity index (χ0v) is 9.13.